The first kappa shape index (κ1) is 20.3. The molecule has 5 heteroatoms. The first-order chi connectivity index (χ1) is 15.0. The van der Waals surface area contributed by atoms with E-state index in [1.165, 1.54) is 6.92 Å². The number of carbonyl (C=O) groups excluding carboxylic acids is 2. The lowest BCUT2D eigenvalue weighted by Gasteiger charge is -2.07. The van der Waals surface area contributed by atoms with Gasteiger partial charge in [-0.05, 0) is 31.5 Å². The molecular formula is C26H23N3O2. The molecule has 0 saturated carbocycles. The molecule has 5 nitrogen and oxygen atoms in total. The lowest BCUT2D eigenvalue weighted by atomic mass is 10.1. The molecule has 1 heterocycles. The molecule has 4 rings (SSSR count). The lowest BCUT2D eigenvalue weighted by molar-refractivity contribution is 0.101. The van der Waals surface area contributed by atoms with Crippen molar-refractivity contribution in [3.05, 3.63) is 107 Å². The van der Waals surface area contributed by atoms with E-state index in [1.54, 1.807) is 35.1 Å². The molecule has 0 spiro atoms. The highest BCUT2D eigenvalue weighted by atomic mass is 16.1. The fourth-order valence-corrected chi connectivity index (χ4v) is 3.38. The number of hydrogen-bond acceptors (Lipinski definition) is 3. The molecule has 1 aromatic heterocycles. The minimum atomic E-state index is -0.268. The molecule has 1 amide bonds. The molecule has 0 unspecified atom stereocenters. The van der Waals surface area contributed by atoms with Crippen molar-refractivity contribution in [1.29, 1.82) is 0 Å². The Morgan fingerprint density at radius 2 is 1.68 bits per heavy atom. The SMILES string of the molecule is CC(=O)c1cccc(NC(=O)c2cn(Cc3ccccc3)nc2-c2ccc(C)cc2)c1. The van der Waals surface area contributed by atoms with E-state index in [9.17, 15) is 9.59 Å². The summed E-state index contributed by atoms with van der Waals surface area (Å²) in [6.07, 6.45) is 1.77. The summed E-state index contributed by atoms with van der Waals surface area (Å²) in [6.45, 7) is 4.09. The maximum atomic E-state index is 13.2. The number of nitrogens with zero attached hydrogens (tertiary/aromatic N) is 2. The second kappa shape index (κ2) is 8.79. The van der Waals surface area contributed by atoms with Gasteiger partial charge in [-0.2, -0.15) is 5.10 Å². The van der Waals surface area contributed by atoms with Crippen LogP contribution in [0.1, 0.15) is 38.8 Å². The molecule has 1 N–H and O–H groups in total. The summed E-state index contributed by atoms with van der Waals surface area (Å²) in [5.74, 6) is -0.317. The highest BCUT2D eigenvalue weighted by molar-refractivity contribution is 6.08. The summed E-state index contributed by atoms with van der Waals surface area (Å²) in [6, 6.07) is 24.9. The number of aromatic nitrogens is 2. The topological polar surface area (TPSA) is 64.0 Å². The lowest BCUT2D eigenvalue weighted by Crippen LogP contribution is -2.12. The smallest absolute Gasteiger partial charge is 0.259 e. The van der Waals surface area contributed by atoms with Crippen LogP contribution in [0.15, 0.2) is 85.1 Å². The number of hydrogen-bond donors (Lipinski definition) is 1. The van der Waals surface area contributed by atoms with Crippen molar-refractivity contribution in [2.24, 2.45) is 0 Å². The van der Waals surface area contributed by atoms with Gasteiger partial charge in [0.15, 0.2) is 5.78 Å². The Hall–Kier alpha value is -3.99. The Labute approximate surface area is 181 Å². The molecule has 0 atom stereocenters. The van der Waals surface area contributed by atoms with E-state index in [4.69, 9.17) is 5.10 Å². The quantitative estimate of drug-likeness (QED) is 0.436. The second-order valence-corrected chi connectivity index (χ2v) is 7.53. The number of aryl methyl sites for hydroxylation is 1. The van der Waals surface area contributed by atoms with Gasteiger partial charge in [0.05, 0.1) is 12.1 Å². The fraction of sp³-hybridized carbons (Fsp3) is 0.115. The van der Waals surface area contributed by atoms with Gasteiger partial charge in [0.1, 0.15) is 5.69 Å². The van der Waals surface area contributed by atoms with E-state index >= 15 is 0 Å². The Balaban J connectivity index is 1.68. The Morgan fingerprint density at radius 1 is 0.935 bits per heavy atom. The van der Waals surface area contributed by atoms with E-state index in [0.29, 0.717) is 29.1 Å². The van der Waals surface area contributed by atoms with Gasteiger partial charge in [-0.1, -0.05) is 72.3 Å². The van der Waals surface area contributed by atoms with Crippen molar-refractivity contribution in [1.82, 2.24) is 9.78 Å². The van der Waals surface area contributed by atoms with Gasteiger partial charge in [-0.3, -0.25) is 14.3 Å². The van der Waals surface area contributed by atoms with Gasteiger partial charge in [0.2, 0.25) is 0 Å². The molecule has 0 bridgehead atoms. The Kier molecular flexibility index (Phi) is 5.76. The molecule has 0 aliphatic carbocycles. The molecule has 0 aliphatic rings. The summed E-state index contributed by atoms with van der Waals surface area (Å²) in [5.41, 5.74) is 5.34. The number of ketones is 1. The van der Waals surface area contributed by atoms with Gasteiger partial charge in [0, 0.05) is 23.0 Å². The highest BCUT2D eigenvalue weighted by Gasteiger charge is 2.19. The summed E-state index contributed by atoms with van der Waals surface area (Å²) in [5, 5.41) is 7.62. The van der Waals surface area contributed by atoms with Gasteiger partial charge < -0.3 is 5.32 Å². The monoisotopic (exact) mass is 409 g/mol. The number of benzene rings is 3. The summed E-state index contributed by atoms with van der Waals surface area (Å²) in [7, 11) is 0. The van der Waals surface area contributed by atoms with Gasteiger partial charge >= 0.3 is 0 Å². The Bertz CT molecular complexity index is 1230. The zero-order valence-corrected chi connectivity index (χ0v) is 17.5. The van der Waals surface area contributed by atoms with E-state index < -0.39 is 0 Å². The van der Waals surface area contributed by atoms with Crippen LogP contribution in [-0.4, -0.2) is 21.5 Å². The minimum Gasteiger partial charge on any atom is -0.322 e. The van der Waals surface area contributed by atoms with Crippen molar-refractivity contribution in [3.8, 4) is 11.3 Å². The first-order valence-electron chi connectivity index (χ1n) is 10.1. The van der Waals surface area contributed by atoms with Crippen molar-refractivity contribution in [2.45, 2.75) is 20.4 Å². The molecule has 4 aromatic rings. The third kappa shape index (κ3) is 4.78. The molecule has 0 radical (unpaired) electrons. The minimum absolute atomic E-state index is 0.0490. The van der Waals surface area contributed by atoms with Gasteiger partial charge in [-0.15, -0.1) is 0 Å². The van der Waals surface area contributed by atoms with Crippen LogP contribution in [0.4, 0.5) is 5.69 Å². The van der Waals surface area contributed by atoms with E-state index in [-0.39, 0.29) is 11.7 Å². The predicted octanol–water partition coefficient (Wildman–Crippen LogP) is 5.36. The highest BCUT2D eigenvalue weighted by Crippen LogP contribution is 2.24. The molecule has 154 valence electrons. The van der Waals surface area contributed by atoms with Gasteiger partial charge in [-0.25, -0.2) is 0 Å². The van der Waals surface area contributed by atoms with Crippen molar-refractivity contribution in [2.75, 3.05) is 5.32 Å². The average Bonchev–Trinajstić information content (AvgIpc) is 3.19. The molecular weight excluding hydrogens is 386 g/mol. The largest absolute Gasteiger partial charge is 0.322 e. The fourth-order valence-electron chi connectivity index (χ4n) is 3.38. The summed E-state index contributed by atoms with van der Waals surface area (Å²) >= 11 is 0. The second-order valence-electron chi connectivity index (χ2n) is 7.53. The number of amides is 1. The molecule has 0 aliphatic heterocycles. The number of carbonyl (C=O) groups is 2. The third-order valence-electron chi connectivity index (χ3n) is 5.05. The maximum absolute atomic E-state index is 13.2. The number of Topliss-reactive ketones (excluding diaryl/α,β-unsaturated/α-hetero) is 1. The maximum Gasteiger partial charge on any atom is 0.259 e. The number of nitrogens with one attached hydrogen (secondary N) is 1. The standard InChI is InChI=1S/C26H23N3O2/c1-18-11-13-21(14-12-18)25-24(17-29(28-25)16-20-7-4-3-5-8-20)26(31)27-23-10-6-9-22(15-23)19(2)30/h3-15,17H,16H2,1-2H3,(H,27,31). The van der Waals surface area contributed by atoms with E-state index in [2.05, 4.69) is 5.32 Å². The van der Waals surface area contributed by atoms with Crippen LogP contribution in [0.5, 0.6) is 0 Å². The average molecular weight is 409 g/mol. The van der Waals surface area contributed by atoms with Crippen LogP contribution in [0, 0.1) is 6.92 Å². The summed E-state index contributed by atoms with van der Waals surface area (Å²) in [4.78, 5) is 24.8. The number of anilines is 1. The normalized spacial score (nSPS) is 10.6. The van der Waals surface area contributed by atoms with Crippen LogP contribution in [0.25, 0.3) is 11.3 Å². The van der Waals surface area contributed by atoms with Crippen LogP contribution >= 0.6 is 0 Å². The number of rotatable bonds is 6. The van der Waals surface area contributed by atoms with E-state index in [1.807, 2.05) is 61.5 Å². The third-order valence-corrected chi connectivity index (χ3v) is 5.05. The van der Waals surface area contributed by atoms with Crippen molar-refractivity contribution >= 4 is 17.4 Å². The molecule has 0 saturated heterocycles. The zero-order valence-electron chi connectivity index (χ0n) is 17.5. The molecule has 31 heavy (non-hydrogen) atoms. The molecule has 0 fully saturated rings. The Morgan fingerprint density at radius 3 is 2.39 bits per heavy atom. The van der Waals surface area contributed by atoms with Crippen LogP contribution in [0.3, 0.4) is 0 Å². The van der Waals surface area contributed by atoms with Crippen LogP contribution in [0.2, 0.25) is 0 Å². The molecule has 3 aromatic carbocycles. The predicted molar refractivity (Wildman–Crippen MR) is 122 cm³/mol. The van der Waals surface area contributed by atoms with Crippen LogP contribution < -0.4 is 5.32 Å². The van der Waals surface area contributed by atoms with Crippen molar-refractivity contribution in [3.63, 3.8) is 0 Å². The summed E-state index contributed by atoms with van der Waals surface area (Å²) < 4.78 is 1.78. The van der Waals surface area contributed by atoms with Crippen molar-refractivity contribution < 1.29 is 9.59 Å². The van der Waals surface area contributed by atoms with Crippen LogP contribution in [-0.2, 0) is 6.54 Å². The first-order valence-corrected chi connectivity index (χ1v) is 10.1. The van der Waals surface area contributed by atoms with Gasteiger partial charge in [0.25, 0.3) is 5.91 Å². The van der Waals surface area contributed by atoms with E-state index in [0.717, 1.165) is 16.7 Å². The zero-order chi connectivity index (χ0) is 21.8.